The molecule has 1 aromatic heterocycles. The number of carbonyl (C=O) groups is 1. The van der Waals surface area contributed by atoms with Crippen LogP contribution in [0.25, 0.3) is 5.69 Å². The first-order chi connectivity index (χ1) is 19.4. The van der Waals surface area contributed by atoms with E-state index in [2.05, 4.69) is 26.5 Å². The number of hydrogen-bond donors (Lipinski definition) is 1. The van der Waals surface area contributed by atoms with E-state index in [0.29, 0.717) is 26.0 Å². The summed E-state index contributed by atoms with van der Waals surface area (Å²) >= 11 is 15.8. The zero-order valence-corrected chi connectivity index (χ0v) is 26.6. The molecule has 0 bridgehead atoms. The van der Waals surface area contributed by atoms with Gasteiger partial charge in [-0.2, -0.15) is 5.10 Å². The Hall–Kier alpha value is -3.31. The van der Waals surface area contributed by atoms with E-state index in [0.717, 1.165) is 32.5 Å². The number of hydrogen-bond acceptors (Lipinski definition) is 5. The number of halogens is 3. The van der Waals surface area contributed by atoms with Crippen molar-refractivity contribution in [1.29, 1.82) is 0 Å². The van der Waals surface area contributed by atoms with E-state index in [1.807, 2.05) is 37.5 Å². The van der Waals surface area contributed by atoms with Crippen molar-refractivity contribution in [1.82, 2.24) is 9.99 Å². The minimum atomic E-state index is -4.12. The zero-order valence-electron chi connectivity index (χ0n) is 22.7. The molecule has 1 heterocycles. The van der Waals surface area contributed by atoms with Gasteiger partial charge >= 0.3 is 0 Å². The minimum Gasteiger partial charge on any atom is -0.496 e. The Morgan fingerprint density at radius 1 is 1.05 bits per heavy atom. The lowest BCUT2D eigenvalue weighted by atomic mass is 10.2. The summed E-state index contributed by atoms with van der Waals surface area (Å²) in [5.41, 5.74) is 7.00. The number of carbonyl (C=O) groups excluding carboxylic acids is 1. The SMILES string of the molecule is COc1ccc(S(=O)(=O)N(CC(=O)N/N=C\c2cc(C)n(-c3ccc(Cl)cc3Cl)c2C)c2ccc(C)cc2)cc1Br. The van der Waals surface area contributed by atoms with Crippen LogP contribution in [0.2, 0.25) is 10.0 Å². The first kappa shape index (κ1) is 30.6. The second kappa shape index (κ2) is 12.7. The van der Waals surface area contributed by atoms with Crippen molar-refractivity contribution in [3.05, 3.63) is 104 Å². The Morgan fingerprint density at radius 2 is 1.76 bits per heavy atom. The number of anilines is 1. The summed E-state index contributed by atoms with van der Waals surface area (Å²) in [6.07, 6.45) is 1.51. The highest BCUT2D eigenvalue weighted by Crippen LogP contribution is 2.31. The van der Waals surface area contributed by atoms with Crippen LogP contribution in [0.1, 0.15) is 22.5 Å². The standard InChI is InChI=1S/C29H27BrCl2N4O4S/c1-18-5-8-23(9-6-18)35(41(38,39)24-10-12-28(40-4)25(30)15-24)17-29(37)34-33-16-21-13-19(2)36(20(21)3)27-11-7-22(31)14-26(27)32/h5-16H,17H2,1-4H3,(H,34,37)/b33-16-. The van der Waals surface area contributed by atoms with Crippen LogP contribution in [-0.4, -0.2) is 38.8 Å². The van der Waals surface area contributed by atoms with Crippen LogP contribution in [0, 0.1) is 20.8 Å². The lowest BCUT2D eigenvalue weighted by molar-refractivity contribution is -0.119. The molecular weight excluding hydrogens is 651 g/mol. The number of ether oxygens (including phenoxy) is 1. The molecule has 4 rings (SSSR count). The largest absolute Gasteiger partial charge is 0.496 e. The van der Waals surface area contributed by atoms with Gasteiger partial charge in [0.15, 0.2) is 0 Å². The predicted octanol–water partition coefficient (Wildman–Crippen LogP) is 6.83. The molecule has 0 saturated heterocycles. The number of sulfonamides is 1. The highest BCUT2D eigenvalue weighted by Gasteiger charge is 2.28. The fourth-order valence-electron chi connectivity index (χ4n) is 4.25. The highest BCUT2D eigenvalue weighted by atomic mass is 79.9. The molecule has 0 spiro atoms. The van der Waals surface area contributed by atoms with Gasteiger partial charge < -0.3 is 9.30 Å². The van der Waals surface area contributed by atoms with Crippen molar-refractivity contribution in [3.8, 4) is 11.4 Å². The third-order valence-electron chi connectivity index (χ3n) is 6.33. The van der Waals surface area contributed by atoms with Crippen LogP contribution in [0.15, 0.2) is 81.2 Å². The molecule has 3 aromatic carbocycles. The number of hydrazone groups is 1. The number of aromatic nitrogens is 1. The molecule has 0 radical (unpaired) electrons. The Labute approximate surface area is 257 Å². The number of nitrogens with zero attached hydrogens (tertiary/aromatic N) is 3. The number of nitrogens with one attached hydrogen (secondary N) is 1. The third kappa shape index (κ3) is 6.78. The molecule has 0 unspecified atom stereocenters. The second-order valence-electron chi connectivity index (χ2n) is 9.19. The van der Waals surface area contributed by atoms with Gasteiger partial charge in [-0.1, -0.05) is 40.9 Å². The summed E-state index contributed by atoms with van der Waals surface area (Å²) < 4.78 is 36.1. The molecule has 0 aliphatic carbocycles. The summed E-state index contributed by atoms with van der Waals surface area (Å²) in [5, 5.41) is 5.13. The predicted molar refractivity (Wildman–Crippen MR) is 167 cm³/mol. The topological polar surface area (TPSA) is 93.0 Å². The summed E-state index contributed by atoms with van der Waals surface area (Å²) in [7, 11) is -2.64. The van der Waals surface area contributed by atoms with Gasteiger partial charge in [0.05, 0.1) is 39.1 Å². The monoisotopic (exact) mass is 676 g/mol. The molecule has 214 valence electrons. The molecule has 0 atom stereocenters. The first-order valence-corrected chi connectivity index (χ1v) is 15.3. The number of methoxy groups -OCH3 is 1. The van der Waals surface area contributed by atoms with E-state index in [4.69, 9.17) is 27.9 Å². The average Bonchev–Trinajstić information content (AvgIpc) is 3.20. The number of rotatable bonds is 9. The van der Waals surface area contributed by atoms with Crippen LogP contribution in [0.3, 0.4) is 0 Å². The van der Waals surface area contributed by atoms with Crippen molar-refractivity contribution < 1.29 is 17.9 Å². The van der Waals surface area contributed by atoms with Crippen molar-refractivity contribution in [2.45, 2.75) is 25.7 Å². The number of aryl methyl sites for hydroxylation is 2. The first-order valence-electron chi connectivity index (χ1n) is 12.3. The normalized spacial score (nSPS) is 11.6. The van der Waals surface area contributed by atoms with E-state index in [9.17, 15) is 13.2 Å². The van der Waals surface area contributed by atoms with Crippen LogP contribution in [0.5, 0.6) is 5.75 Å². The quantitative estimate of drug-likeness (QED) is 0.155. The van der Waals surface area contributed by atoms with Crippen molar-refractivity contribution in [2.75, 3.05) is 18.0 Å². The van der Waals surface area contributed by atoms with E-state index < -0.39 is 22.5 Å². The molecule has 0 aliphatic heterocycles. The molecule has 0 fully saturated rings. The summed E-state index contributed by atoms with van der Waals surface area (Å²) in [6.45, 7) is 5.23. The fraction of sp³-hybridized carbons (Fsp3) is 0.172. The van der Waals surface area contributed by atoms with E-state index in [1.54, 1.807) is 42.5 Å². The van der Waals surface area contributed by atoms with Gasteiger partial charge in [0, 0.05) is 22.0 Å². The van der Waals surface area contributed by atoms with Gasteiger partial charge in [0.1, 0.15) is 12.3 Å². The maximum absolute atomic E-state index is 13.7. The van der Waals surface area contributed by atoms with E-state index in [1.165, 1.54) is 25.5 Å². The zero-order chi connectivity index (χ0) is 29.9. The number of amides is 1. The molecule has 41 heavy (non-hydrogen) atoms. The summed E-state index contributed by atoms with van der Waals surface area (Å²) in [4.78, 5) is 13.0. The molecule has 1 amide bonds. The van der Waals surface area contributed by atoms with Gasteiger partial charge in [0.2, 0.25) is 0 Å². The van der Waals surface area contributed by atoms with E-state index in [-0.39, 0.29) is 4.90 Å². The Balaban J connectivity index is 1.57. The summed E-state index contributed by atoms with van der Waals surface area (Å²) in [5.74, 6) is -0.136. The second-order valence-corrected chi connectivity index (χ2v) is 12.8. The lowest BCUT2D eigenvalue weighted by Crippen LogP contribution is -2.39. The molecule has 0 saturated carbocycles. The highest BCUT2D eigenvalue weighted by molar-refractivity contribution is 9.10. The van der Waals surface area contributed by atoms with Gasteiger partial charge in [-0.25, -0.2) is 13.8 Å². The van der Waals surface area contributed by atoms with Gasteiger partial charge in [-0.05, 0) is 91.3 Å². The minimum absolute atomic E-state index is 0.00430. The molecule has 0 aliphatic rings. The van der Waals surface area contributed by atoms with Crippen molar-refractivity contribution >= 4 is 67.0 Å². The van der Waals surface area contributed by atoms with Crippen LogP contribution < -0.4 is 14.5 Å². The molecule has 4 aromatic rings. The fourth-order valence-corrected chi connectivity index (χ4v) is 6.89. The number of benzene rings is 3. The van der Waals surface area contributed by atoms with E-state index >= 15 is 0 Å². The van der Waals surface area contributed by atoms with Gasteiger partial charge in [-0.15, -0.1) is 0 Å². The maximum atomic E-state index is 13.7. The summed E-state index contributed by atoms with van der Waals surface area (Å²) in [6, 6.07) is 18.4. The average molecular weight is 678 g/mol. The molecule has 1 N–H and O–H groups in total. The van der Waals surface area contributed by atoms with Gasteiger partial charge in [0.25, 0.3) is 15.9 Å². The maximum Gasteiger partial charge on any atom is 0.264 e. The van der Waals surface area contributed by atoms with Crippen molar-refractivity contribution in [2.24, 2.45) is 5.10 Å². The van der Waals surface area contributed by atoms with Gasteiger partial charge in [-0.3, -0.25) is 9.10 Å². The van der Waals surface area contributed by atoms with Crippen molar-refractivity contribution in [3.63, 3.8) is 0 Å². The molecular formula is C29H27BrCl2N4O4S. The molecule has 12 heteroatoms. The third-order valence-corrected chi connectivity index (χ3v) is 9.26. The van der Waals surface area contributed by atoms with Crippen LogP contribution >= 0.6 is 39.1 Å². The lowest BCUT2D eigenvalue weighted by Gasteiger charge is -2.24. The smallest absolute Gasteiger partial charge is 0.264 e. The molecule has 8 nitrogen and oxygen atoms in total. The van der Waals surface area contributed by atoms with Crippen LogP contribution in [0.4, 0.5) is 5.69 Å². The Kier molecular flexibility index (Phi) is 9.48. The Bertz CT molecular complexity index is 1740. The Morgan fingerprint density at radius 3 is 2.39 bits per heavy atom. The van der Waals surface area contributed by atoms with Crippen LogP contribution in [-0.2, 0) is 14.8 Å².